The Morgan fingerprint density at radius 3 is 2.55 bits per heavy atom. The molecule has 29 heavy (non-hydrogen) atoms. The van der Waals surface area contributed by atoms with Crippen molar-refractivity contribution < 1.29 is 9.18 Å². The lowest BCUT2D eigenvalue weighted by Gasteiger charge is -2.31. The van der Waals surface area contributed by atoms with E-state index in [2.05, 4.69) is 20.4 Å². The van der Waals surface area contributed by atoms with E-state index in [1.54, 1.807) is 23.5 Å². The summed E-state index contributed by atoms with van der Waals surface area (Å²) in [5.41, 5.74) is 1.91. The Morgan fingerprint density at radius 2 is 1.90 bits per heavy atom. The zero-order valence-corrected chi connectivity index (χ0v) is 16.9. The Balaban J connectivity index is 1.23. The van der Waals surface area contributed by atoms with E-state index in [1.165, 1.54) is 12.1 Å². The average Bonchev–Trinajstić information content (AvgIpc) is 3.30. The molecule has 1 aliphatic heterocycles. The molecular formula is C22H23FN4OS. The summed E-state index contributed by atoms with van der Waals surface area (Å²) >= 11 is 1.65. The molecule has 0 atom stereocenters. The molecule has 3 heterocycles. The zero-order chi connectivity index (χ0) is 20.1. The molecule has 0 radical (unpaired) electrons. The SMILES string of the molecule is O=C(NCCc1ccc(F)cc1)C1CCN(c2ccc(-c3cccs3)nn2)CC1. The molecule has 1 N–H and O–H groups in total. The van der Waals surface area contributed by atoms with Gasteiger partial charge in [0.1, 0.15) is 11.5 Å². The van der Waals surface area contributed by atoms with E-state index < -0.39 is 0 Å². The molecule has 150 valence electrons. The van der Waals surface area contributed by atoms with E-state index in [0.717, 1.165) is 47.9 Å². The molecule has 1 saturated heterocycles. The molecule has 1 aromatic carbocycles. The van der Waals surface area contributed by atoms with Gasteiger partial charge in [0.15, 0.2) is 5.82 Å². The summed E-state index contributed by atoms with van der Waals surface area (Å²) in [6.07, 6.45) is 2.31. The largest absolute Gasteiger partial charge is 0.356 e. The van der Waals surface area contributed by atoms with Gasteiger partial charge in [0.05, 0.1) is 4.88 Å². The van der Waals surface area contributed by atoms with Crippen LogP contribution in [-0.4, -0.2) is 35.7 Å². The molecule has 5 nitrogen and oxygen atoms in total. The van der Waals surface area contributed by atoms with Crippen molar-refractivity contribution in [2.75, 3.05) is 24.5 Å². The molecule has 1 aliphatic rings. The van der Waals surface area contributed by atoms with Crippen LogP contribution in [0.15, 0.2) is 53.9 Å². The number of rotatable bonds is 6. The van der Waals surface area contributed by atoms with Crippen LogP contribution >= 0.6 is 11.3 Å². The summed E-state index contributed by atoms with van der Waals surface area (Å²) in [7, 11) is 0. The van der Waals surface area contributed by atoms with Crippen molar-refractivity contribution in [2.24, 2.45) is 5.92 Å². The lowest BCUT2D eigenvalue weighted by Crippen LogP contribution is -2.41. The van der Waals surface area contributed by atoms with Gasteiger partial charge >= 0.3 is 0 Å². The number of carbonyl (C=O) groups excluding carboxylic acids is 1. The molecule has 7 heteroatoms. The van der Waals surface area contributed by atoms with Gasteiger partial charge in [-0.3, -0.25) is 4.79 Å². The monoisotopic (exact) mass is 410 g/mol. The minimum absolute atomic E-state index is 0.0258. The predicted octanol–water partition coefficient (Wildman–Crippen LogP) is 3.92. The lowest BCUT2D eigenvalue weighted by atomic mass is 9.96. The van der Waals surface area contributed by atoms with Gasteiger partial charge in [0.2, 0.25) is 5.91 Å². The smallest absolute Gasteiger partial charge is 0.223 e. The molecule has 0 spiro atoms. The average molecular weight is 411 g/mol. The van der Waals surface area contributed by atoms with Gasteiger partial charge in [0, 0.05) is 25.6 Å². The molecule has 0 saturated carbocycles. The molecular weight excluding hydrogens is 387 g/mol. The summed E-state index contributed by atoms with van der Waals surface area (Å²) in [6.45, 7) is 2.16. The number of carbonyl (C=O) groups is 1. The lowest BCUT2D eigenvalue weighted by molar-refractivity contribution is -0.125. The molecule has 1 amide bonds. The Morgan fingerprint density at radius 1 is 1.10 bits per heavy atom. The van der Waals surface area contributed by atoms with Gasteiger partial charge in [-0.05, 0) is 60.5 Å². The van der Waals surface area contributed by atoms with Crippen molar-refractivity contribution in [3.63, 3.8) is 0 Å². The second kappa shape index (κ2) is 9.13. The highest BCUT2D eigenvalue weighted by molar-refractivity contribution is 7.13. The van der Waals surface area contributed by atoms with Crippen molar-refractivity contribution in [1.29, 1.82) is 0 Å². The Labute approximate surface area is 173 Å². The number of anilines is 1. The van der Waals surface area contributed by atoms with Crippen molar-refractivity contribution in [3.8, 4) is 10.6 Å². The number of halogens is 1. The fourth-order valence-electron chi connectivity index (χ4n) is 3.55. The zero-order valence-electron chi connectivity index (χ0n) is 16.1. The second-order valence-electron chi connectivity index (χ2n) is 7.18. The van der Waals surface area contributed by atoms with Crippen LogP contribution in [0.3, 0.4) is 0 Å². The van der Waals surface area contributed by atoms with Crippen LogP contribution in [0.1, 0.15) is 18.4 Å². The first-order valence-electron chi connectivity index (χ1n) is 9.84. The van der Waals surface area contributed by atoms with Gasteiger partial charge in [0.25, 0.3) is 0 Å². The number of thiophene rings is 1. The first-order valence-corrected chi connectivity index (χ1v) is 10.7. The summed E-state index contributed by atoms with van der Waals surface area (Å²) < 4.78 is 12.9. The van der Waals surface area contributed by atoms with Crippen LogP contribution in [0.25, 0.3) is 10.6 Å². The number of hydrogen-bond acceptors (Lipinski definition) is 5. The number of hydrogen-bond donors (Lipinski definition) is 1. The van der Waals surface area contributed by atoms with Crippen LogP contribution in [0.5, 0.6) is 0 Å². The standard InChI is InChI=1S/C22H23FN4OS/c23-18-5-3-16(4-6-18)9-12-24-22(28)17-10-13-27(14-11-17)21-8-7-19(25-26-21)20-2-1-15-29-20/h1-8,15,17H,9-14H2,(H,24,28). The van der Waals surface area contributed by atoms with Crippen molar-refractivity contribution in [3.05, 3.63) is 65.3 Å². The normalized spacial score (nSPS) is 14.7. The van der Waals surface area contributed by atoms with Crippen molar-refractivity contribution in [2.45, 2.75) is 19.3 Å². The van der Waals surface area contributed by atoms with Crippen molar-refractivity contribution >= 4 is 23.1 Å². The Hall–Kier alpha value is -2.80. The summed E-state index contributed by atoms with van der Waals surface area (Å²) in [4.78, 5) is 15.7. The first-order chi connectivity index (χ1) is 14.2. The minimum Gasteiger partial charge on any atom is -0.356 e. The third-order valence-corrected chi connectivity index (χ3v) is 6.13. The molecule has 0 bridgehead atoms. The van der Waals surface area contributed by atoms with E-state index in [-0.39, 0.29) is 17.6 Å². The molecule has 3 aromatic rings. The molecule has 2 aromatic heterocycles. The van der Waals surface area contributed by atoms with Crippen LogP contribution in [-0.2, 0) is 11.2 Å². The maximum Gasteiger partial charge on any atom is 0.223 e. The third kappa shape index (κ3) is 4.98. The van der Waals surface area contributed by atoms with E-state index in [0.29, 0.717) is 13.0 Å². The van der Waals surface area contributed by atoms with Crippen LogP contribution in [0.2, 0.25) is 0 Å². The van der Waals surface area contributed by atoms with E-state index >= 15 is 0 Å². The topological polar surface area (TPSA) is 58.1 Å². The second-order valence-corrected chi connectivity index (χ2v) is 8.13. The Kier molecular flexibility index (Phi) is 6.14. The summed E-state index contributed by atoms with van der Waals surface area (Å²) in [5, 5.41) is 13.8. The highest BCUT2D eigenvalue weighted by Crippen LogP contribution is 2.25. The fourth-order valence-corrected chi connectivity index (χ4v) is 4.24. The quantitative estimate of drug-likeness (QED) is 0.669. The Bertz CT molecular complexity index is 920. The highest BCUT2D eigenvalue weighted by atomic mass is 32.1. The maximum absolute atomic E-state index is 12.9. The summed E-state index contributed by atoms with van der Waals surface area (Å²) in [5.74, 6) is 0.750. The molecule has 0 unspecified atom stereocenters. The number of nitrogens with one attached hydrogen (secondary N) is 1. The van der Waals surface area contributed by atoms with Gasteiger partial charge in [-0.1, -0.05) is 18.2 Å². The number of benzene rings is 1. The van der Waals surface area contributed by atoms with E-state index in [9.17, 15) is 9.18 Å². The number of aromatic nitrogens is 2. The third-order valence-electron chi connectivity index (χ3n) is 5.24. The van der Waals surface area contributed by atoms with Crippen LogP contribution in [0.4, 0.5) is 10.2 Å². The first kappa shape index (κ1) is 19.5. The minimum atomic E-state index is -0.240. The number of piperidine rings is 1. The van der Waals surface area contributed by atoms with E-state index in [4.69, 9.17) is 0 Å². The van der Waals surface area contributed by atoms with Gasteiger partial charge in [-0.2, -0.15) is 0 Å². The molecule has 0 aliphatic carbocycles. The van der Waals surface area contributed by atoms with Gasteiger partial charge in [-0.25, -0.2) is 4.39 Å². The van der Waals surface area contributed by atoms with E-state index in [1.807, 2.05) is 29.6 Å². The van der Waals surface area contributed by atoms with Gasteiger partial charge in [-0.15, -0.1) is 21.5 Å². The highest BCUT2D eigenvalue weighted by Gasteiger charge is 2.25. The van der Waals surface area contributed by atoms with Crippen molar-refractivity contribution in [1.82, 2.24) is 15.5 Å². The maximum atomic E-state index is 12.9. The predicted molar refractivity (Wildman–Crippen MR) is 113 cm³/mol. The summed E-state index contributed by atoms with van der Waals surface area (Å²) in [6, 6.07) is 14.5. The van der Waals surface area contributed by atoms with Crippen LogP contribution in [0, 0.1) is 11.7 Å². The van der Waals surface area contributed by atoms with Gasteiger partial charge < -0.3 is 10.2 Å². The number of amides is 1. The van der Waals surface area contributed by atoms with Crippen LogP contribution < -0.4 is 10.2 Å². The molecule has 4 rings (SSSR count). The fraction of sp³-hybridized carbons (Fsp3) is 0.318. The molecule has 1 fully saturated rings. The number of nitrogens with zero attached hydrogens (tertiary/aromatic N) is 3.